The third kappa shape index (κ3) is 4.15. The van der Waals surface area contributed by atoms with E-state index in [1.807, 2.05) is 11.3 Å². The number of thiophene rings is 1. The molecule has 0 atom stereocenters. The molecule has 0 saturated heterocycles. The van der Waals surface area contributed by atoms with E-state index in [-0.39, 0.29) is 5.41 Å². The molecule has 0 saturated carbocycles. The van der Waals surface area contributed by atoms with Crippen LogP contribution in [-0.2, 0) is 5.41 Å². The van der Waals surface area contributed by atoms with E-state index >= 15 is 0 Å². The highest BCUT2D eigenvalue weighted by Gasteiger charge is 2.40. The van der Waals surface area contributed by atoms with Crippen molar-refractivity contribution in [1.82, 2.24) is 14.5 Å². The first-order chi connectivity index (χ1) is 28.0. The van der Waals surface area contributed by atoms with Gasteiger partial charge in [-0.05, 0) is 79.2 Å². The molecule has 57 heavy (non-hydrogen) atoms. The van der Waals surface area contributed by atoms with Crippen LogP contribution >= 0.6 is 11.3 Å². The molecule has 9 aromatic carbocycles. The Labute approximate surface area is 332 Å². The van der Waals surface area contributed by atoms with Gasteiger partial charge in [0.05, 0.1) is 22.4 Å². The van der Waals surface area contributed by atoms with Crippen molar-refractivity contribution in [2.24, 2.45) is 0 Å². The highest BCUT2D eigenvalue weighted by Crippen LogP contribution is 2.52. The molecular formula is C53H33N3S. The topological polar surface area (TPSA) is 30.7 Å². The molecule has 0 bridgehead atoms. The molecule has 3 nitrogen and oxygen atoms in total. The molecular weight excluding hydrogens is 711 g/mol. The largest absolute Gasteiger partial charge is 0.278 e. The molecule has 1 aliphatic carbocycles. The highest BCUT2D eigenvalue weighted by molar-refractivity contribution is 7.25. The first-order valence-corrected chi connectivity index (χ1v) is 20.5. The molecule has 3 aromatic heterocycles. The van der Waals surface area contributed by atoms with Crippen molar-refractivity contribution in [2.75, 3.05) is 0 Å². The Morgan fingerprint density at radius 3 is 1.89 bits per heavy atom. The van der Waals surface area contributed by atoms with Crippen molar-refractivity contribution in [3.8, 4) is 28.3 Å². The Balaban J connectivity index is 1.20. The standard InChI is InChI=1S/C53H33N3S/c1-53(2)42-21-11-9-20-40(42)49-50(32-23-24-37-36-18-10-12-22-45(36)57-46(37)29-32)54-52(55-51(49)53)56-43-26-25-39-35-17-6-5-15-33(35)34-16-7-8-19-38(34)47(39)48(43)41-27-30-13-3-4-14-31(30)28-44(41)56/h3-29H,1-2H3. The second-order valence-corrected chi connectivity index (χ2v) is 17.2. The van der Waals surface area contributed by atoms with Crippen LogP contribution in [0.15, 0.2) is 164 Å². The van der Waals surface area contributed by atoms with Crippen LogP contribution < -0.4 is 0 Å². The molecule has 266 valence electrons. The smallest absolute Gasteiger partial charge is 0.235 e. The molecule has 0 radical (unpaired) electrons. The van der Waals surface area contributed by atoms with Gasteiger partial charge >= 0.3 is 0 Å². The molecule has 3 heterocycles. The Kier molecular flexibility index (Phi) is 6.12. The monoisotopic (exact) mass is 743 g/mol. The summed E-state index contributed by atoms with van der Waals surface area (Å²) in [6, 6.07) is 60.3. The van der Waals surface area contributed by atoms with Crippen molar-refractivity contribution < 1.29 is 0 Å². The van der Waals surface area contributed by atoms with Gasteiger partial charge < -0.3 is 0 Å². The Bertz CT molecular complexity index is 3700. The zero-order valence-corrected chi connectivity index (χ0v) is 32.2. The summed E-state index contributed by atoms with van der Waals surface area (Å²) in [5.74, 6) is 0.695. The number of aromatic nitrogens is 3. The van der Waals surface area contributed by atoms with Crippen LogP contribution in [0.2, 0.25) is 0 Å². The van der Waals surface area contributed by atoms with Crippen molar-refractivity contribution >= 4 is 96.4 Å². The molecule has 0 aliphatic heterocycles. The van der Waals surface area contributed by atoms with Crippen LogP contribution in [0.1, 0.15) is 25.1 Å². The first-order valence-electron chi connectivity index (χ1n) is 19.7. The van der Waals surface area contributed by atoms with E-state index in [1.54, 1.807) is 0 Å². The summed E-state index contributed by atoms with van der Waals surface area (Å²) in [7, 11) is 0. The quantitative estimate of drug-likeness (QED) is 0.165. The van der Waals surface area contributed by atoms with E-state index < -0.39 is 0 Å². The minimum atomic E-state index is -0.326. The van der Waals surface area contributed by atoms with Crippen LogP contribution in [-0.4, -0.2) is 14.5 Å². The molecule has 0 fully saturated rings. The minimum absolute atomic E-state index is 0.326. The lowest BCUT2D eigenvalue weighted by Crippen LogP contribution is -2.18. The summed E-state index contributed by atoms with van der Waals surface area (Å²) in [6.45, 7) is 4.63. The second-order valence-electron chi connectivity index (χ2n) is 16.1. The fraction of sp³-hybridized carbons (Fsp3) is 0.0566. The summed E-state index contributed by atoms with van der Waals surface area (Å²) in [4.78, 5) is 11.4. The van der Waals surface area contributed by atoms with Gasteiger partial charge in [0.25, 0.3) is 0 Å². The van der Waals surface area contributed by atoms with Crippen LogP contribution in [0.3, 0.4) is 0 Å². The molecule has 4 heteroatoms. The van der Waals surface area contributed by atoms with Gasteiger partial charge in [-0.15, -0.1) is 11.3 Å². The third-order valence-corrected chi connectivity index (χ3v) is 13.8. The fourth-order valence-electron chi connectivity index (χ4n) is 10.1. The summed E-state index contributed by atoms with van der Waals surface area (Å²) in [5, 5.41) is 15.0. The molecule has 0 N–H and O–H groups in total. The van der Waals surface area contributed by atoms with Gasteiger partial charge in [0.2, 0.25) is 5.95 Å². The zero-order chi connectivity index (χ0) is 37.6. The Morgan fingerprint density at radius 2 is 1.09 bits per heavy atom. The normalized spacial score (nSPS) is 13.6. The van der Waals surface area contributed by atoms with Crippen molar-refractivity contribution in [3.05, 3.63) is 175 Å². The van der Waals surface area contributed by atoms with E-state index in [2.05, 4.69) is 182 Å². The maximum atomic E-state index is 5.71. The molecule has 13 rings (SSSR count). The van der Waals surface area contributed by atoms with Crippen LogP contribution in [0.4, 0.5) is 0 Å². The van der Waals surface area contributed by atoms with Crippen LogP contribution in [0.25, 0.3) is 113 Å². The lowest BCUT2D eigenvalue weighted by molar-refractivity contribution is 0.632. The van der Waals surface area contributed by atoms with Crippen LogP contribution in [0.5, 0.6) is 0 Å². The van der Waals surface area contributed by atoms with E-state index in [0.717, 1.165) is 33.5 Å². The fourth-order valence-corrected chi connectivity index (χ4v) is 11.3. The summed E-state index contributed by atoms with van der Waals surface area (Å²) >= 11 is 1.85. The predicted molar refractivity (Wildman–Crippen MR) is 242 cm³/mol. The number of hydrogen-bond acceptors (Lipinski definition) is 3. The van der Waals surface area contributed by atoms with Crippen LogP contribution in [0, 0.1) is 0 Å². The van der Waals surface area contributed by atoms with Gasteiger partial charge in [-0.25, -0.2) is 9.97 Å². The first kappa shape index (κ1) is 31.3. The number of fused-ring (bicyclic) bond motifs is 17. The maximum absolute atomic E-state index is 5.71. The number of benzene rings is 9. The second kappa shape index (κ2) is 11.1. The van der Waals surface area contributed by atoms with Gasteiger partial charge in [-0.1, -0.05) is 147 Å². The van der Waals surface area contributed by atoms with Gasteiger partial charge in [-0.3, -0.25) is 4.57 Å². The lowest BCUT2D eigenvalue weighted by atomic mass is 9.85. The number of rotatable bonds is 2. The summed E-state index contributed by atoms with van der Waals surface area (Å²) in [5.41, 5.74) is 8.66. The molecule has 0 amide bonds. The Hall–Kier alpha value is -6.88. The lowest BCUT2D eigenvalue weighted by Gasteiger charge is -2.21. The number of nitrogens with zero attached hydrogens (tertiary/aromatic N) is 3. The van der Waals surface area contributed by atoms with Gasteiger partial charge in [0.15, 0.2) is 0 Å². The van der Waals surface area contributed by atoms with Gasteiger partial charge in [-0.2, -0.15) is 0 Å². The van der Waals surface area contributed by atoms with E-state index in [9.17, 15) is 0 Å². The van der Waals surface area contributed by atoms with Crippen molar-refractivity contribution in [1.29, 1.82) is 0 Å². The van der Waals surface area contributed by atoms with Gasteiger partial charge in [0, 0.05) is 52.9 Å². The van der Waals surface area contributed by atoms with Crippen molar-refractivity contribution in [3.63, 3.8) is 0 Å². The molecule has 12 aromatic rings. The minimum Gasteiger partial charge on any atom is -0.278 e. The van der Waals surface area contributed by atoms with Crippen molar-refractivity contribution in [2.45, 2.75) is 19.3 Å². The number of hydrogen-bond donors (Lipinski definition) is 0. The predicted octanol–water partition coefficient (Wildman–Crippen LogP) is 14.5. The average molecular weight is 744 g/mol. The Morgan fingerprint density at radius 1 is 0.474 bits per heavy atom. The van der Waals surface area contributed by atoms with E-state index in [0.29, 0.717) is 5.95 Å². The van der Waals surface area contributed by atoms with Gasteiger partial charge in [0.1, 0.15) is 0 Å². The molecule has 0 unspecified atom stereocenters. The highest BCUT2D eigenvalue weighted by atomic mass is 32.1. The summed E-state index contributed by atoms with van der Waals surface area (Å²) in [6.07, 6.45) is 0. The molecule has 0 spiro atoms. The summed E-state index contributed by atoms with van der Waals surface area (Å²) < 4.78 is 4.92. The SMILES string of the molecule is CC1(C)c2ccccc2-c2c(-c3ccc4c(c3)sc3ccccc34)nc(-n3c4cc5ccccc5cc4c4c5c6ccccc6c6ccccc6c5ccc43)nc21. The van der Waals surface area contributed by atoms with E-state index in [4.69, 9.17) is 9.97 Å². The third-order valence-electron chi connectivity index (χ3n) is 12.7. The maximum Gasteiger partial charge on any atom is 0.235 e. The van der Waals surface area contributed by atoms with E-state index in [1.165, 1.54) is 85.2 Å². The average Bonchev–Trinajstić information content (AvgIpc) is 3.87. The zero-order valence-electron chi connectivity index (χ0n) is 31.3. The molecule has 1 aliphatic rings.